The number of hydrogen-bond donors (Lipinski definition) is 1. The maximum absolute atomic E-state index is 12.9. The molecule has 1 aromatic heterocycles. The van der Waals surface area contributed by atoms with E-state index in [1.165, 1.54) is 29.5 Å². The van der Waals surface area contributed by atoms with Crippen molar-refractivity contribution < 1.29 is 4.39 Å². The van der Waals surface area contributed by atoms with Gasteiger partial charge in [-0.1, -0.05) is 0 Å². The SMILES string of the molecule is N#Cc1csc(CNc2ccc(F)cc2C#N)c1. The average molecular weight is 257 g/mol. The summed E-state index contributed by atoms with van der Waals surface area (Å²) >= 11 is 1.47. The van der Waals surface area contributed by atoms with Crippen LogP contribution in [-0.2, 0) is 6.54 Å². The molecule has 0 aliphatic rings. The number of nitriles is 2. The van der Waals surface area contributed by atoms with Crippen molar-refractivity contribution in [3.8, 4) is 12.1 Å². The van der Waals surface area contributed by atoms with Gasteiger partial charge in [-0.15, -0.1) is 11.3 Å². The largest absolute Gasteiger partial charge is 0.379 e. The molecular formula is C13H8FN3S. The first-order valence-electron chi connectivity index (χ1n) is 5.14. The Labute approximate surface area is 108 Å². The quantitative estimate of drug-likeness (QED) is 0.918. The van der Waals surface area contributed by atoms with Gasteiger partial charge in [0.25, 0.3) is 0 Å². The Hall–Kier alpha value is -2.37. The van der Waals surface area contributed by atoms with Crippen LogP contribution in [0.2, 0.25) is 0 Å². The van der Waals surface area contributed by atoms with Crippen LogP contribution in [0.3, 0.4) is 0 Å². The Balaban J connectivity index is 2.11. The number of nitrogens with one attached hydrogen (secondary N) is 1. The second-order valence-electron chi connectivity index (χ2n) is 3.57. The highest BCUT2D eigenvalue weighted by molar-refractivity contribution is 7.10. The van der Waals surface area contributed by atoms with E-state index in [9.17, 15) is 4.39 Å². The molecule has 0 spiro atoms. The maximum atomic E-state index is 12.9. The van der Waals surface area contributed by atoms with E-state index in [0.29, 0.717) is 17.8 Å². The third-order valence-electron chi connectivity index (χ3n) is 2.34. The summed E-state index contributed by atoms with van der Waals surface area (Å²) in [6.45, 7) is 0.507. The molecule has 2 aromatic rings. The predicted molar refractivity (Wildman–Crippen MR) is 67.5 cm³/mol. The minimum Gasteiger partial charge on any atom is -0.379 e. The van der Waals surface area contributed by atoms with Gasteiger partial charge >= 0.3 is 0 Å². The van der Waals surface area contributed by atoms with Crippen LogP contribution >= 0.6 is 11.3 Å². The van der Waals surface area contributed by atoms with E-state index in [2.05, 4.69) is 11.4 Å². The van der Waals surface area contributed by atoms with E-state index in [1.54, 1.807) is 11.4 Å². The number of rotatable bonds is 3. The molecule has 5 heteroatoms. The van der Waals surface area contributed by atoms with Crippen molar-refractivity contribution in [3.05, 3.63) is 51.5 Å². The highest BCUT2D eigenvalue weighted by Crippen LogP contribution is 2.19. The molecule has 3 nitrogen and oxygen atoms in total. The summed E-state index contributed by atoms with van der Waals surface area (Å²) in [7, 11) is 0. The van der Waals surface area contributed by atoms with Crippen molar-refractivity contribution in [1.29, 1.82) is 10.5 Å². The normalized spacial score (nSPS) is 9.50. The topological polar surface area (TPSA) is 59.6 Å². The second-order valence-corrected chi connectivity index (χ2v) is 4.56. The van der Waals surface area contributed by atoms with Crippen LogP contribution in [0.4, 0.5) is 10.1 Å². The Bertz CT molecular complexity index is 649. The van der Waals surface area contributed by atoms with Crippen molar-refractivity contribution in [2.45, 2.75) is 6.54 Å². The summed E-state index contributed by atoms with van der Waals surface area (Å²) in [4.78, 5) is 0.986. The van der Waals surface area contributed by atoms with Crippen LogP contribution in [0, 0.1) is 28.5 Å². The third-order valence-corrected chi connectivity index (χ3v) is 3.27. The van der Waals surface area contributed by atoms with Crippen molar-refractivity contribution >= 4 is 17.0 Å². The molecule has 2 rings (SSSR count). The highest BCUT2D eigenvalue weighted by Gasteiger charge is 2.04. The molecule has 1 heterocycles. The molecule has 0 unspecified atom stereocenters. The fourth-order valence-corrected chi connectivity index (χ4v) is 2.23. The third kappa shape index (κ3) is 2.65. The van der Waals surface area contributed by atoms with Crippen molar-refractivity contribution in [3.63, 3.8) is 0 Å². The lowest BCUT2D eigenvalue weighted by Gasteiger charge is -2.06. The molecule has 1 aromatic carbocycles. The summed E-state index contributed by atoms with van der Waals surface area (Å²) < 4.78 is 12.9. The first-order chi connectivity index (χ1) is 8.72. The van der Waals surface area contributed by atoms with Crippen LogP contribution in [0.5, 0.6) is 0 Å². The van der Waals surface area contributed by atoms with E-state index in [1.807, 2.05) is 6.07 Å². The Morgan fingerprint density at radius 3 is 2.72 bits per heavy atom. The monoisotopic (exact) mass is 257 g/mol. The molecule has 0 radical (unpaired) electrons. The molecule has 88 valence electrons. The zero-order valence-corrected chi connectivity index (χ0v) is 10.1. The van der Waals surface area contributed by atoms with Crippen LogP contribution in [0.15, 0.2) is 29.6 Å². The van der Waals surface area contributed by atoms with Gasteiger partial charge in [0.2, 0.25) is 0 Å². The van der Waals surface area contributed by atoms with Crippen molar-refractivity contribution in [2.75, 3.05) is 5.32 Å². The van der Waals surface area contributed by atoms with Gasteiger partial charge in [0.05, 0.1) is 16.8 Å². The smallest absolute Gasteiger partial charge is 0.124 e. The second kappa shape index (κ2) is 5.31. The van der Waals surface area contributed by atoms with Gasteiger partial charge in [0, 0.05) is 16.8 Å². The van der Waals surface area contributed by atoms with Crippen LogP contribution in [0.1, 0.15) is 16.0 Å². The fraction of sp³-hybridized carbons (Fsp3) is 0.0769. The molecule has 1 N–H and O–H groups in total. The van der Waals surface area contributed by atoms with Gasteiger partial charge < -0.3 is 5.32 Å². The summed E-state index contributed by atoms with van der Waals surface area (Å²) in [5.41, 5.74) is 1.48. The van der Waals surface area contributed by atoms with Gasteiger partial charge in [0.15, 0.2) is 0 Å². The molecule has 0 atom stereocenters. The number of halogens is 1. The van der Waals surface area contributed by atoms with E-state index in [4.69, 9.17) is 10.5 Å². The highest BCUT2D eigenvalue weighted by atomic mass is 32.1. The summed E-state index contributed by atoms with van der Waals surface area (Å²) in [5.74, 6) is -0.431. The lowest BCUT2D eigenvalue weighted by molar-refractivity contribution is 0.627. The molecule has 0 amide bonds. The number of anilines is 1. The van der Waals surface area contributed by atoms with Crippen LogP contribution < -0.4 is 5.32 Å². The molecule has 0 bridgehead atoms. The Morgan fingerprint density at radius 2 is 2.06 bits per heavy atom. The van der Waals surface area contributed by atoms with E-state index in [-0.39, 0.29) is 5.56 Å². The molecule has 0 saturated carbocycles. The Kier molecular flexibility index (Phi) is 3.57. The van der Waals surface area contributed by atoms with Gasteiger partial charge in [-0.05, 0) is 24.3 Å². The zero-order chi connectivity index (χ0) is 13.0. The first-order valence-corrected chi connectivity index (χ1v) is 6.02. The van der Waals surface area contributed by atoms with Crippen molar-refractivity contribution in [2.24, 2.45) is 0 Å². The number of benzene rings is 1. The van der Waals surface area contributed by atoms with Gasteiger partial charge in [-0.25, -0.2) is 4.39 Å². The fourth-order valence-electron chi connectivity index (χ4n) is 1.48. The molecule has 0 saturated heterocycles. The molecule has 18 heavy (non-hydrogen) atoms. The number of thiophene rings is 1. The summed E-state index contributed by atoms with van der Waals surface area (Å²) in [5, 5.41) is 22.4. The number of hydrogen-bond acceptors (Lipinski definition) is 4. The van der Waals surface area contributed by atoms with Gasteiger partial charge in [0.1, 0.15) is 18.0 Å². The standard InChI is InChI=1S/C13H8FN3S/c14-11-1-2-13(10(4-11)6-16)17-7-12-3-9(5-15)8-18-12/h1-4,8,17H,7H2. The maximum Gasteiger partial charge on any atom is 0.124 e. The molecule has 0 aliphatic heterocycles. The summed E-state index contributed by atoms with van der Waals surface area (Å²) in [6, 6.07) is 9.81. The van der Waals surface area contributed by atoms with E-state index < -0.39 is 5.82 Å². The minimum atomic E-state index is -0.431. The van der Waals surface area contributed by atoms with Crippen LogP contribution in [0.25, 0.3) is 0 Å². The molecular weight excluding hydrogens is 249 g/mol. The van der Waals surface area contributed by atoms with E-state index >= 15 is 0 Å². The van der Waals surface area contributed by atoms with Crippen molar-refractivity contribution in [1.82, 2.24) is 0 Å². The average Bonchev–Trinajstić information content (AvgIpc) is 2.85. The minimum absolute atomic E-state index is 0.270. The molecule has 0 aliphatic carbocycles. The predicted octanol–water partition coefficient (Wildman–Crippen LogP) is 3.24. The van der Waals surface area contributed by atoms with Gasteiger partial charge in [-0.2, -0.15) is 10.5 Å². The van der Waals surface area contributed by atoms with Gasteiger partial charge in [-0.3, -0.25) is 0 Å². The molecule has 0 fully saturated rings. The Morgan fingerprint density at radius 1 is 1.22 bits per heavy atom. The zero-order valence-electron chi connectivity index (χ0n) is 9.27. The number of nitrogens with zero attached hydrogens (tertiary/aromatic N) is 2. The first kappa shape index (κ1) is 12.1. The summed E-state index contributed by atoms with van der Waals surface area (Å²) in [6.07, 6.45) is 0. The van der Waals surface area contributed by atoms with Crippen LogP contribution in [-0.4, -0.2) is 0 Å². The lowest BCUT2D eigenvalue weighted by atomic mass is 10.2. The lowest BCUT2D eigenvalue weighted by Crippen LogP contribution is -2.00. The van der Waals surface area contributed by atoms with E-state index in [0.717, 1.165) is 4.88 Å².